The summed E-state index contributed by atoms with van der Waals surface area (Å²) in [6.45, 7) is 10.3. The molecule has 0 rings (SSSR count). The molecule has 170 valence electrons. The van der Waals surface area contributed by atoms with Gasteiger partial charge < -0.3 is 10.9 Å². The lowest BCUT2D eigenvalue weighted by Crippen LogP contribution is -2.36. The largest absolute Gasteiger partial charge is 0.447 e. The number of unbranched alkanes of at least 4 members (excludes halogenated alkanes) is 14. The van der Waals surface area contributed by atoms with E-state index in [2.05, 4.69) is 25.7 Å². The molecule has 0 fully saturated rings. The van der Waals surface area contributed by atoms with Crippen molar-refractivity contribution in [3.05, 3.63) is 0 Å². The van der Waals surface area contributed by atoms with Gasteiger partial charge >= 0.3 is 5.97 Å². The summed E-state index contributed by atoms with van der Waals surface area (Å²) in [5, 5.41) is 0. The number of hydrogen-bond donors (Lipinski definition) is 1. The van der Waals surface area contributed by atoms with Crippen molar-refractivity contribution in [2.45, 2.75) is 137 Å². The summed E-state index contributed by atoms with van der Waals surface area (Å²) in [6, 6.07) is 0. The lowest BCUT2D eigenvalue weighted by atomic mass is 10.0. The quantitative estimate of drug-likeness (QED) is 0.129. The monoisotopic (exact) mass is 400 g/mol. The van der Waals surface area contributed by atoms with Gasteiger partial charge in [-0.05, 0) is 26.4 Å². The highest BCUT2D eigenvalue weighted by molar-refractivity contribution is 5.69. The molecule has 0 aliphatic heterocycles. The van der Waals surface area contributed by atoms with Gasteiger partial charge in [-0.1, -0.05) is 111 Å². The normalized spacial score (nSPS) is 12.0. The van der Waals surface area contributed by atoms with Gasteiger partial charge in [-0.3, -0.25) is 9.69 Å². The van der Waals surface area contributed by atoms with Gasteiger partial charge in [-0.25, -0.2) is 0 Å². The van der Waals surface area contributed by atoms with Gasteiger partial charge in [0.2, 0.25) is 0 Å². The summed E-state index contributed by atoms with van der Waals surface area (Å²) in [4.78, 5) is 14.0. The SMILES string of the molecule is CCCCCCCCCCCCCCCCCC(=O)OC(C)N(CC)CC.N. The smallest absolute Gasteiger partial charge is 0.307 e. The zero-order valence-corrected chi connectivity index (χ0v) is 19.8. The van der Waals surface area contributed by atoms with E-state index in [1.807, 2.05) is 6.92 Å². The van der Waals surface area contributed by atoms with Crippen molar-refractivity contribution < 1.29 is 9.53 Å². The molecule has 1 atom stereocenters. The van der Waals surface area contributed by atoms with Crippen LogP contribution in [-0.2, 0) is 9.53 Å². The predicted octanol–water partition coefficient (Wildman–Crippen LogP) is 7.64. The van der Waals surface area contributed by atoms with Gasteiger partial charge in [-0.15, -0.1) is 0 Å². The maximum Gasteiger partial charge on any atom is 0.307 e. The molecule has 4 nitrogen and oxygen atoms in total. The molecular formula is C24H52N2O2. The summed E-state index contributed by atoms with van der Waals surface area (Å²) in [6.07, 6.45) is 20.7. The molecule has 28 heavy (non-hydrogen) atoms. The van der Waals surface area contributed by atoms with E-state index in [4.69, 9.17) is 4.74 Å². The van der Waals surface area contributed by atoms with E-state index in [1.54, 1.807) is 0 Å². The molecule has 0 aliphatic rings. The number of ether oxygens (including phenoxy) is 1. The molecule has 0 aliphatic carbocycles. The molecule has 0 aromatic rings. The van der Waals surface area contributed by atoms with Crippen LogP contribution >= 0.6 is 0 Å². The summed E-state index contributed by atoms with van der Waals surface area (Å²) in [7, 11) is 0. The third kappa shape index (κ3) is 18.7. The second-order valence-electron chi connectivity index (χ2n) is 8.01. The minimum absolute atomic E-state index is 0. The molecule has 0 aromatic heterocycles. The second kappa shape index (κ2) is 22.7. The molecule has 4 heteroatoms. The average molecular weight is 401 g/mol. The molecular weight excluding hydrogens is 348 g/mol. The molecule has 0 spiro atoms. The highest BCUT2D eigenvalue weighted by atomic mass is 16.6. The van der Waals surface area contributed by atoms with Gasteiger partial charge in [-0.2, -0.15) is 0 Å². The lowest BCUT2D eigenvalue weighted by molar-refractivity contribution is -0.157. The van der Waals surface area contributed by atoms with E-state index in [0.29, 0.717) is 6.42 Å². The fourth-order valence-corrected chi connectivity index (χ4v) is 3.70. The van der Waals surface area contributed by atoms with Crippen LogP contribution in [-0.4, -0.2) is 30.2 Å². The Balaban J connectivity index is 0. The lowest BCUT2D eigenvalue weighted by Gasteiger charge is -2.25. The maximum atomic E-state index is 11.9. The summed E-state index contributed by atoms with van der Waals surface area (Å²) < 4.78 is 5.50. The summed E-state index contributed by atoms with van der Waals surface area (Å²) in [5.74, 6) is -0.0379. The van der Waals surface area contributed by atoms with Crippen LogP contribution in [0.25, 0.3) is 0 Å². The van der Waals surface area contributed by atoms with Crippen molar-refractivity contribution in [3.8, 4) is 0 Å². The van der Waals surface area contributed by atoms with Crippen LogP contribution in [0.15, 0.2) is 0 Å². The van der Waals surface area contributed by atoms with Crippen LogP contribution in [0, 0.1) is 0 Å². The highest BCUT2D eigenvalue weighted by Crippen LogP contribution is 2.14. The van der Waals surface area contributed by atoms with Crippen LogP contribution in [0.4, 0.5) is 0 Å². The Hall–Kier alpha value is -0.610. The predicted molar refractivity (Wildman–Crippen MR) is 123 cm³/mol. The van der Waals surface area contributed by atoms with Crippen molar-refractivity contribution in [1.82, 2.24) is 11.1 Å². The third-order valence-electron chi connectivity index (χ3n) is 5.61. The average Bonchev–Trinajstić information content (AvgIpc) is 2.65. The van der Waals surface area contributed by atoms with Crippen molar-refractivity contribution in [2.75, 3.05) is 13.1 Å². The summed E-state index contributed by atoms with van der Waals surface area (Å²) in [5.41, 5.74) is 0. The zero-order valence-electron chi connectivity index (χ0n) is 19.8. The Morgan fingerprint density at radius 2 is 1.04 bits per heavy atom. The first-order valence-corrected chi connectivity index (χ1v) is 12.1. The van der Waals surface area contributed by atoms with Gasteiger partial charge in [0.1, 0.15) is 0 Å². The molecule has 0 heterocycles. The van der Waals surface area contributed by atoms with Crippen molar-refractivity contribution in [1.29, 1.82) is 0 Å². The van der Waals surface area contributed by atoms with Crippen LogP contribution in [0.3, 0.4) is 0 Å². The highest BCUT2D eigenvalue weighted by Gasteiger charge is 2.14. The van der Waals surface area contributed by atoms with Gasteiger partial charge in [0.25, 0.3) is 0 Å². The summed E-state index contributed by atoms with van der Waals surface area (Å²) >= 11 is 0. The van der Waals surface area contributed by atoms with Crippen molar-refractivity contribution in [2.24, 2.45) is 0 Å². The molecule has 0 radical (unpaired) electrons. The zero-order chi connectivity index (χ0) is 20.2. The van der Waals surface area contributed by atoms with E-state index >= 15 is 0 Å². The molecule has 0 saturated carbocycles. The van der Waals surface area contributed by atoms with Gasteiger partial charge in [0.05, 0.1) is 0 Å². The molecule has 0 saturated heterocycles. The van der Waals surface area contributed by atoms with E-state index in [0.717, 1.165) is 25.9 Å². The molecule has 0 amide bonds. The molecule has 1 unspecified atom stereocenters. The number of carbonyl (C=O) groups excluding carboxylic acids is 1. The van der Waals surface area contributed by atoms with E-state index < -0.39 is 0 Å². The molecule has 0 bridgehead atoms. The van der Waals surface area contributed by atoms with E-state index in [1.165, 1.54) is 83.5 Å². The number of carbonyl (C=O) groups is 1. The van der Waals surface area contributed by atoms with Crippen LogP contribution < -0.4 is 6.15 Å². The first-order chi connectivity index (χ1) is 13.2. The number of rotatable bonds is 20. The third-order valence-corrected chi connectivity index (χ3v) is 5.61. The van der Waals surface area contributed by atoms with E-state index in [-0.39, 0.29) is 18.3 Å². The minimum atomic E-state index is -0.0937. The fraction of sp³-hybridized carbons (Fsp3) is 0.958. The van der Waals surface area contributed by atoms with Crippen molar-refractivity contribution in [3.63, 3.8) is 0 Å². The Morgan fingerprint density at radius 1 is 0.679 bits per heavy atom. The van der Waals surface area contributed by atoms with Crippen LogP contribution in [0.1, 0.15) is 130 Å². The van der Waals surface area contributed by atoms with Gasteiger partial charge in [0, 0.05) is 6.42 Å². The van der Waals surface area contributed by atoms with Crippen LogP contribution in [0.2, 0.25) is 0 Å². The molecule has 0 aromatic carbocycles. The fourth-order valence-electron chi connectivity index (χ4n) is 3.70. The number of esters is 1. The second-order valence-corrected chi connectivity index (χ2v) is 8.01. The Bertz CT molecular complexity index is 320. The van der Waals surface area contributed by atoms with Crippen molar-refractivity contribution >= 4 is 5.97 Å². The van der Waals surface area contributed by atoms with Gasteiger partial charge in [0.15, 0.2) is 6.23 Å². The first-order valence-electron chi connectivity index (χ1n) is 12.1. The van der Waals surface area contributed by atoms with Crippen LogP contribution in [0.5, 0.6) is 0 Å². The number of hydrogen-bond acceptors (Lipinski definition) is 4. The van der Waals surface area contributed by atoms with E-state index in [9.17, 15) is 4.79 Å². The Kier molecular flexibility index (Phi) is 24.0. The topological polar surface area (TPSA) is 64.5 Å². The minimum Gasteiger partial charge on any atom is -0.447 e. The standard InChI is InChI=1S/C24H49NO2.H3N/c1-5-8-9-10-11-12-13-14-15-16-17-18-19-20-21-22-24(26)27-23(4)25(6-2)7-3;/h23H,5-22H2,1-4H3;1H3. The first kappa shape index (κ1) is 29.6. The Labute approximate surface area is 176 Å². The number of nitrogens with zero attached hydrogens (tertiary/aromatic N) is 1. The Morgan fingerprint density at radius 3 is 1.39 bits per heavy atom. The molecule has 3 N–H and O–H groups in total. The maximum absolute atomic E-state index is 11.9.